The van der Waals surface area contributed by atoms with Crippen LogP contribution in [0.4, 0.5) is 5.69 Å². The van der Waals surface area contributed by atoms with Gasteiger partial charge in [-0.15, -0.1) is 0 Å². The van der Waals surface area contributed by atoms with Crippen molar-refractivity contribution in [3.63, 3.8) is 0 Å². The van der Waals surface area contributed by atoms with Crippen molar-refractivity contribution in [2.24, 2.45) is 5.11 Å². The molecular formula is C10H7N5. The summed E-state index contributed by atoms with van der Waals surface area (Å²) in [5, 5.41) is 3.52. The fraction of sp³-hybridized carbons (Fsp3) is 0. The van der Waals surface area contributed by atoms with Crippen molar-refractivity contribution in [1.29, 1.82) is 0 Å². The largest absolute Gasteiger partial charge is 0.237 e. The third-order valence-electron chi connectivity index (χ3n) is 1.83. The summed E-state index contributed by atoms with van der Waals surface area (Å²) < 4.78 is 0. The minimum Gasteiger partial charge on any atom is -0.237 e. The van der Waals surface area contributed by atoms with Gasteiger partial charge < -0.3 is 0 Å². The molecule has 0 bridgehead atoms. The van der Waals surface area contributed by atoms with Crippen molar-refractivity contribution in [3.8, 4) is 11.4 Å². The molecule has 0 radical (unpaired) electrons. The van der Waals surface area contributed by atoms with E-state index >= 15 is 0 Å². The van der Waals surface area contributed by atoms with Gasteiger partial charge in [0, 0.05) is 28.6 Å². The van der Waals surface area contributed by atoms with Crippen LogP contribution in [0.3, 0.4) is 0 Å². The van der Waals surface area contributed by atoms with Crippen molar-refractivity contribution in [2.75, 3.05) is 0 Å². The van der Waals surface area contributed by atoms with Crippen molar-refractivity contribution in [3.05, 3.63) is 53.2 Å². The molecule has 0 fully saturated rings. The van der Waals surface area contributed by atoms with Gasteiger partial charge >= 0.3 is 0 Å². The molecule has 0 aliphatic rings. The van der Waals surface area contributed by atoms with E-state index in [1.807, 2.05) is 6.07 Å². The molecule has 0 unspecified atom stereocenters. The molecule has 5 nitrogen and oxygen atoms in total. The molecule has 0 spiro atoms. The lowest BCUT2D eigenvalue weighted by Crippen LogP contribution is -1.85. The number of hydrogen-bond donors (Lipinski definition) is 0. The van der Waals surface area contributed by atoms with Crippen molar-refractivity contribution >= 4 is 5.69 Å². The molecule has 0 saturated carbocycles. The van der Waals surface area contributed by atoms with E-state index in [1.165, 1.54) is 0 Å². The number of azide groups is 1. The monoisotopic (exact) mass is 197 g/mol. The number of benzene rings is 1. The summed E-state index contributed by atoms with van der Waals surface area (Å²) in [5.41, 5.74) is 9.70. The van der Waals surface area contributed by atoms with Crippen LogP contribution < -0.4 is 0 Å². The van der Waals surface area contributed by atoms with Crippen molar-refractivity contribution in [2.45, 2.75) is 0 Å². The summed E-state index contributed by atoms with van der Waals surface area (Å²) in [6.07, 6.45) is 3.34. The molecule has 0 aliphatic heterocycles. The van der Waals surface area contributed by atoms with Gasteiger partial charge in [0.2, 0.25) is 0 Å². The van der Waals surface area contributed by atoms with E-state index in [9.17, 15) is 0 Å². The molecule has 1 aromatic carbocycles. The lowest BCUT2D eigenvalue weighted by molar-refractivity contribution is 1.18. The fourth-order valence-electron chi connectivity index (χ4n) is 1.21. The Morgan fingerprint density at radius 2 is 1.93 bits per heavy atom. The first-order valence-corrected chi connectivity index (χ1v) is 4.33. The van der Waals surface area contributed by atoms with Gasteiger partial charge in [0.1, 0.15) is 0 Å². The standard InChI is InChI=1S/C10H7N5/c11-15-14-9-4-1-3-8(7-9)10-12-5-2-6-13-10/h1-7H. The zero-order valence-electron chi connectivity index (χ0n) is 7.78. The first-order valence-electron chi connectivity index (χ1n) is 4.33. The van der Waals surface area contributed by atoms with Crippen LogP contribution in [0.2, 0.25) is 0 Å². The lowest BCUT2D eigenvalue weighted by Gasteiger charge is -1.99. The molecule has 1 heterocycles. The molecule has 2 rings (SSSR count). The first-order chi connectivity index (χ1) is 7.40. The van der Waals surface area contributed by atoms with Gasteiger partial charge in [-0.3, -0.25) is 0 Å². The Hall–Kier alpha value is -2.39. The van der Waals surface area contributed by atoms with E-state index in [4.69, 9.17) is 5.53 Å². The summed E-state index contributed by atoms with van der Waals surface area (Å²) in [6.45, 7) is 0. The quantitative estimate of drug-likeness (QED) is 0.421. The number of nitrogens with zero attached hydrogens (tertiary/aromatic N) is 5. The molecule has 0 saturated heterocycles. The van der Waals surface area contributed by atoms with Crippen LogP contribution in [0.25, 0.3) is 21.8 Å². The van der Waals surface area contributed by atoms with E-state index in [-0.39, 0.29) is 0 Å². The Labute approximate surface area is 86.1 Å². The Morgan fingerprint density at radius 3 is 2.67 bits per heavy atom. The normalized spacial score (nSPS) is 9.33. The minimum atomic E-state index is 0.558. The maximum atomic E-state index is 8.31. The minimum absolute atomic E-state index is 0.558. The average molecular weight is 197 g/mol. The molecule has 0 N–H and O–H groups in total. The van der Waals surface area contributed by atoms with Crippen molar-refractivity contribution < 1.29 is 0 Å². The molecule has 15 heavy (non-hydrogen) atoms. The number of hydrogen-bond acceptors (Lipinski definition) is 3. The highest BCUT2D eigenvalue weighted by molar-refractivity contribution is 5.60. The third-order valence-corrected chi connectivity index (χ3v) is 1.83. The van der Waals surface area contributed by atoms with E-state index < -0.39 is 0 Å². The SMILES string of the molecule is [N-]=[N+]=Nc1cccc(-c2ncccn2)c1. The van der Waals surface area contributed by atoms with Crippen LogP contribution >= 0.6 is 0 Å². The summed E-state index contributed by atoms with van der Waals surface area (Å²) >= 11 is 0. The number of rotatable bonds is 2. The predicted molar refractivity (Wildman–Crippen MR) is 56.3 cm³/mol. The summed E-state index contributed by atoms with van der Waals surface area (Å²) in [4.78, 5) is 10.9. The van der Waals surface area contributed by atoms with Gasteiger partial charge in [-0.05, 0) is 17.7 Å². The van der Waals surface area contributed by atoms with Crippen LogP contribution in [0, 0.1) is 0 Å². The van der Waals surface area contributed by atoms with Crippen molar-refractivity contribution in [1.82, 2.24) is 9.97 Å². The van der Waals surface area contributed by atoms with Crippen LogP contribution in [0.1, 0.15) is 0 Å². The lowest BCUT2D eigenvalue weighted by atomic mass is 10.2. The zero-order chi connectivity index (χ0) is 10.5. The highest BCUT2D eigenvalue weighted by atomic mass is 15.1. The van der Waals surface area contributed by atoms with E-state index in [0.29, 0.717) is 11.5 Å². The number of aromatic nitrogens is 2. The Kier molecular flexibility index (Phi) is 2.58. The fourth-order valence-corrected chi connectivity index (χ4v) is 1.21. The maximum Gasteiger partial charge on any atom is 0.159 e. The third kappa shape index (κ3) is 2.10. The second-order valence-electron chi connectivity index (χ2n) is 2.81. The predicted octanol–water partition coefficient (Wildman–Crippen LogP) is 3.09. The van der Waals surface area contributed by atoms with Crippen LogP contribution in [0.15, 0.2) is 47.8 Å². The average Bonchev–Trinajstić information content (AvgIpc) is 2.31. The molecule has 2 aromatic rings. The maximum absolute atomic E-state index is 8.31. The molecule has 5 heteroatoms. The summed E-state index contributed by atoms with van der Waals surface area (Å²) in [5.74, 6) is 0.618. The highest BCUT2D eigenvalue weighted by Crippen LogP contribution is 2.20. The Balaban J connectivity index is 2.46. The van der Waals surface area contributed by atoms with Gasteiger partial charge in [0.25, 0.3) is 0 Å². The highest BCUT2D eigenvalue weighted by Gasteiger charge is 1.99. The second kappa shape index (κ2) is 4.21. The van der Waals surface area contributed by atoms with E-state index in [0.717, 1.165) is 5.56 Å². The molecule has 72 valence electrons. The summed E-state index contributed by atoms with van der Waals surface area (Å²) in [7, 11) is 0. The topological polar surface area (TPSA) is 74.5 Å². The summed E-state index contributed by atoms with van der Waals surface area (Å²) in [6, 6.07) is 8.89. The van der Waals surface area contributed by atoms with Gasteiger partial charge in [-0.1, -0.05) is 23.3 Å². The molecule has 1 aromatic heterocycles. The molecule has 0 aliphatic carbocycles. The second-order valence-corrected chi connectivity index (χ2v) is 2.81. The van der Waals surface area contributed by atoms with Gasteiger partial charge in [0.15, 0.2) is 5.82 Å². The Morgan fingerprint density at radius 1 is 1.13 bits per heavy atom. The molecule has 0 amide bonds. The Bertz CT molecular complexity index is 502. The van der Waals surface area contributed by atoms with E-state index in [2.05, 4.69) is 20.0 Å². The van der Waals surface area contributed by atoms with Gasteiger partial charge in [-0.2, -0.15) is 0 Å². The first kappa shape index (κ1) is 9.18. The van der Waals surface area contributed by atoms with Gasteiger partial charge in [-0.25, -0.2) is 9.97 Å². The van der Waals surface area contributed by atoms with E-state index in [1.54, 1.807) is 36.7 Å². The van der Waals surface area contributed by atoms with Crippen LogP contribution in [-0.4, -0.2) is 9.97 Å². The van der Waals surface area contributed by atoms with Crippen LogP contribution in [-0.2, 0) is 0 Å². The zero-order valence-corrected chi connectivity index (χ0v) is 7.78. The molecular weight excluding hydrogens is 190 g/mol. The smallest absolute Gasteiger partial charge is 0.159 e. The van der Waals surface area contributed by atoms with Gasteiger partial charge in [0.05, 0.1) is 0 Å². The molecule has 0 atom stereocenters. The van der Waals surface area contributed by atoms with Crippen LogP contribution in [0.5, 0.6) is 0 Å².